The van der Waals surface area contributed by atoms with Crippen molar-refractivity contribution in [1.29, 1.82) is 0 Å². The summed E-state index contributed by atoms with van der Waals surface area (Å²) >= 11 is 5.68. The number of nitrogens with one attached hydrogen (secondary N) is 1. The molecule has 0 aromatic heterocycles. The first-order valence-electron chi connectivity index (χ1n) is 6.29. The van der Waals surface area contributed by atoms with Crippen LogP contribution < -0.4 is 5.32 Å². The standard InChI is InChI=1S/C16H13ClF3N/c1-2-4-15(16-11(18)5-3-6-12(16)19)21-14-8-7-10(17)9-13(14)20/h2-3,5-9,15,21H,1,4H2/t15-/m0/s1. The minimum absolute atomic E-state index is 0.119. The van der Waals surface area contributed by atoms with Gasteiger partial charge in [-0.15, -0.1) is 6.58 Å². The molecule has 0 bridgehead atoms. The molecule has 0 saturated heterocycles. The van der Waals surface area contributed by atoms with E-state index in [2.05, 4.69) is 11.9 Å². The average molecular weight is 312 g/mol. The Hall–Kier alpha value is -1.94. The monoisotopic (exact) mass is 311 g/mol. The van der Waals surface area contributed by atoms with E-state index in [1.807, 2.05) is 0 Å². The van der Waals surface area contributed by atoms with Gasteiger partial charge < -0.3 is 5.32 Å². The summed E-state index contributed by atoms with van der Waals surface area (Å²) in [7, 11) is 0. The highest BCUT2D eigenvalue weighted by molar-refractivity contribution is 6.30. The fraction of sp³-hybridized carbons (Fsp3) is 0.125. The Morgan fingerprint density at radius 3 is 2.33 bits per heavy atom. The molecule has 1 atom stereocenters. The normalized spacial score (nSPS) is 12.0. The fourth-order valence-electron chi connectivity index (χ4n) is 2.05. The van der Waals surface area contributed by atoms with E-state index in [4.69, 9.17) is 11.6 Å². The third kappa shape index (κ3) is 3.58. The molecule has 0 spiro atoms. The molecule has 2 aromatic carbocycles. The number of anilines is 1. The van der Waals surface area contributed by atoms with Crippen LogP contribution in [0.5, 0.6) is 0 Å². The molecular weight excluding hydrogens is 299 g/mol. The second-order valence-electron chi connectivity index (χ2n) is 4.48. The predicted octanol–water partition coefficient (Wildman–Crippen LogP) is 5.49. The van der Waals surface area contributed by atoms with Gasteiger partial charge in [0.1, 0.15) is 17.5 Å². The van der Waals surface area contributed by atoms with Crippen molar-refractivity contribution < 1.29 is 13.2 Å². The van der Waals surface area contributed by atoms with Crippen molar-refractivity contribution in [3.63, 3.8) is 0 Å². The van der Waals surface area contributed by atoms with Gasteiger partial charge in [-0.1, -0.05) is 23.7 Å². The van der Waals surface area contributed by atoms with E-state index >= 15 is 0 Å². The van der Waals surface area contributed by atoms with E-state index < -0.39 is 23.5 Å². The highest BCUT2D eigenvalue weighted by Crippen LogP contribution is 2.29. The first kappa shape index (κ1) is 15.4. The molecule has 1 N–H and O–H groups in total. The molecule has 110 valence electrons. The Bertz CT molecular complexity index is 638. The zero-order valence-electron chi connectivity index (χ0n) is 11.0. The summed E-state index contributed by atoms with van der Waals surface area (Å²) in [6, 6.07) is 6.89. The Morgan fingerprint density at radius 1 is 1.10 bits per heavy atom. The van der Waals surface area contributed by atoms with Crippen molar-refractivity contribution in [1.82, 2.24) is 0 Å². The molecule has 0 fully saturated rings. The summed E-state index contributed by atoms with van der Waals surface area (Å²) in [5, 5.41) is 3.03. The molecule has 0 radical (unpaired) electrons. The Labute approximate surface area is 126 Å². The van der Waals surface area contributed by atoms with E-state index in [1.165, 1.54) is 24.3 Å². The lowest BCUT2D eigenvalue weighted by atomic mass is 10.0. The molecule has 0 amide bonds. The van der Waals surface area contributed by atoms with E-state index in [0.717, 1.165) is 18.2 Å². The Balaban J connectivity index is 2.37. The Morgan fingerprint density at radius 2 is 1.76 bits per heavy atom. The van der Waals surface area contributed by atoms with Crippen LogP contribution in [0.25, 0.3) is 0 Å². The van der Waals surface area contributed by atoms with Crippen LogP contribution in [0.3, 0.4) is 0 Å². The van der Waals surface area contributed by atoms with Crippen LogP contribution in [0, 0.1) is 17.5 Å². The van der Waals surface area contributed by atoms with Gasteiger partial charge in [-0.2, -0.15) is 0 Å². The molecule has 0 unspecified atom stereocenters. The lowest BCUT2D eigenvalue weighted by Crippen LogP contribution is -2.14. The number of benzene rings is 2. The van der Waals surface area contributed by atoms with Gasteiger partial charge in [0.15, 0.2) is 0 Å². The second-order valence-corrected chi connectivity index (χ2v) is 4.92. The summed E-state index contributed by atoms with van der Waals surface area (Å²) in [4.78, 5) is 0. The maximum atomic E-state index is 13.9. The lowest BCUT2D eigenvalue weighted by Gasteiger charge is -2.20. The van der Waals surface area contributed by atoms with Crippen LogP contribution >= 0.6 is 11.6 Å². The summed E-state index contributed by atoms with van der Waals surface area (Å²) in [5.41, 5.74) is -0.0272. The molecule has 21 heavy (non-hydrogen) atoms. The molecule has 1 nitrogen and oxygen atoms in total. The van der Waals surface area contributed by atoms with Gasteiger partial charge in [0.2, 0.25) is 0 Å². The van der Waals surface area contributed by atoms with Crippen molar-refractivity contribution in [2.45, 2.75) is 12.5 Å². The molecule has 2 aromatic rings. The zero-order chi connectivity index (χ0) is 15.4. The molecular formula is C16H13ClF3N. The van der Waals surface area contributed by atoms with Crippen molar-refractivity contribution in [3.05, 3.63) is 77.1 Å². The lowest BCUT2D eigenvalue weighted by molar-refractivity contribution is 0.535. The number of rotatable bonds is 5. The van der Waals surface area contributed by atoms with Crippen molar-refractivity contribution in [2.75, 3.05) is 5.32 Å². The largest absolute Gasteiger partial charge is 0.375 e. The number of halogens is 4. The van der Waals surface area contributed by atoms with Crippen molar-refractivity contribution >= 4 is 17.3 Å². The molecule has 5 heteroatoms. The predicted molar refractivity (Wildman–Crippen MR) is 78.9 cm³/mol. The first-order valence-corrected chi connectivity index (χ1v) is 6.67. The van der Waals surface area contributed by atoms with Crippen LogP contribution in [-0.4, -0.2) is 0 Å². The third-order valence-corrected chi connectivity index (χ3v) is 3.25. The van der Waals surface area contributed by atoms with Crippen LogP contribution in [0.15, 0.2) is 49.1 Å². The maximum absolute atomic E-state index is 13.9. The van der Waals surface area contributed by atoms with E-state index in [0.29, 0.717) is 0 Å². The molecule has 0 heterocycles. The molecule has 0 aliphatic heterocycles. The van der Waals surface area contributed by atoms with Crippen LogP contribution in [0.2, 0.25) is 5.02 Å². The molecule has 2 rings (SSSR count). The van der Waals surface area contributed by atoms with Gasteiger partial charge in [-0.3, -0.25) is 0 Å². The highest BCUT2D eigenvalue weighted by atomic mass is 35.5. The topological polar surface area (TPSA) is 12.0 Å². The van der Waals surface area contributed by atoms with E-state index in [1.54, 1.807) is 0 Å². The first-order chi connectivity index (χ1) is 10.0. The number of hydrogen-bond acceptors (Lipinski definition) is 1. The summed E-state index contributed by atoms with van der Waals surface area (Å²) in [5.74, 6) is -1.97. The van der Waals surface area contributed by atoms with Crippen LogP contribution in [-0.2, 0) is 0 Å². The van der Waals surface area contributed by atoms with Crippen molar-refractivity contribution in [2.24, 2.45) is 0 Å². The quantitative estimate of drug-likeness (QED) is 0.720. The van der Waals surface area contributed by atoms with Gasteiger partial charge in [-0.25, -0.2) is 13.2 Å². The highest BCUT2D eigenvalue weighted by Gasteiger charge is 2.20. The smallest absolute Gasteiger partial charge is 0.147 e. The second kappa shape index (κ2) is 6.68. The molecule has 0 aliphatic rings. The van der Waals surface area contributed by atoms with Gasteiger partial charge in [0.05, 0.1) is 11.7 Å². The van der Waals surface area contributed by atoms with Gasteiger partial charge >= 0.3 is 0 Å². The minimum atomic E-state index is -0.764. The van der Waals surface area contributed by atoms with E-state index in [9.17, 15) is 13.2 Å². The van der Waals surface area contributed by atoms with E-state index in [-0.39, 0.29) is 22.7 Å². The third-order valence-electron chi connectivity index (χ3n) is 3.01. The minimum Gasteiger partial charge on any atom is -0.375 e. The van der Waals surface area contributed by atoms with Crippen molar-refractivity contribution in [3.8, 4) is 0 Å². The zero-order valence-corrected chi connectivity index (χ0v) is 11.8. The molecule has 0 saturated carbocycles. The van der Waals surface area contributed by atoms with Gasteiger partial charge in [0, 0.05) is 10.6 Å². The average Bonchev–Trinajstić information content (AvgIpc) is 2.41. The summed E-state index contributed by atoms with van der Waals surface area (Å²) in [6.07, 6.45) is 1.75. The van der Waals surface area contributed by atoms with Gasteiger partial charge in [-0.05, 0) is 36.8 Å². The summed E-state index contributed by atoms with van der Waals surface area (Å²) in [6.45, 7) is 3.56. The number of hydrogen-bond donors (Lipinski definition) is 1. The van der Waals surface area contributed by atoms with Crippen LogP contribution in [0.4, 0.5) is 18.9 Å². The molecule has 0 aliphatic carbocycles. The van der Waals surface area contributed by atoms with Gasteiger partial charge in [0.25, 0.3) is 0 Å². The fourth-order valence-corrected chi connectivity index (χ4v) is 2.21. The summed E-state index contributed by atoms with van der Waals surface area (Å²) < 4.78 is 41.5. The van der Waals surface area contributed by atoms with Crippen LogP contribution in [0.1, 0.15) is 18.0 Å². The maximum Gasteiger partial charge on any atom is 0.147 e. The Kier molecular flexibility index (Phi) is 4.91. The SMILES string of the molecule is C=CC[C@H](Nc1ccc(Cl)cc1F)c1c(F)cccc1F.